The van der Waals surface area contributed by atoms with E-state index in [1.54, 1.807) is 13.0 Å². The maximum absolute atomic E-state index is 12.6. The van der Waals surface area contributed by atoms with E-state index in [9.17, 15) is 14.4 Å². The summed E-state index contributed by atoms with van der Waals surface area (Å²) in [5.41, 5.74) is 1.60. The Balaban J connectivity index is 2.47. The van der Waals surface area contributed by atoms with E-state index in [-0.39, 0.29) is 0 Å². The zero-order valence-corrected chi connectivity index (χ0v) is 12.3. The summed E-state index contributed by atoms with van der Waals surface area (Å²) in [6.45, 7) is 5.05. The van der Waals surface area contributed by atoms with Gasteiger partial charge in [-0.1, -0.05) is 25.1 Å². The fraction of sp³-hybridized carbons (Fsp3) is 0.400. The number of carbonyl (C=O) groups is 3. The lowest BCUT2D eigenvalue weighted by molar-refractivity contribution is -0.143. The van der Waals surface area contributed by atoms with E-state index >= 15 is 0 Å². The van der Waals surface area contributed by atoms with Gasteiger partial charge in [-0.15, -0.1) is 0 Å². The van der Waals surface area contributed by atoms with Gasteiger partial charge in [-0.25, -0.2) is 4.79 Å². The van der Waals surface area contributed by atoms with Gasteiger partial charge in [0.1, 0.15) is 12.1 Å². The molecule has 2 rings (SSSR count). The molecular formula is C15H18N2O4. The minimum Gasteiger partial charge on any atom is -0.480 e. The van der Waals surface area contributed by atoms with Crippen LogP contribution in [0.1, 0.15) is 30.0 Å². The highest BCUT2D eigenvalue weighted by Gasteiger charge is 2.51. The quantitative estimate of drug-likeness (QED) is 0.824. The normalized spacial score (nSPS) is 21.6. The lowest BCUT2D eigenvalue weighted by Gasteiger charge is -2.26. The van der Waals surface area contributed by atoms with Crippen molar-refractivity contribution in [3.63, 3.8) is 0 Å². The first-order chi connectivity index (χ1) is 9.81. The van der Waals surface area contributed by atoms with Crippen LogP contribution in [0.3, 0.4) is 0 Å². The molecule has 112 valence electrons. The van der Waals surface area contributed by atoms with Crippen molar-refractivity contribution in [3.05, 3.63) is 34.9 Å². The van der Waals surface area contributed by atoms with Crippen LogP contribution >= 0.6 is 0 Å². The number of carboxylic acid groups (broad SMARTS) is 1. The smallest absolute Gasteiger partial charge is 0.325 e. The average Bonchev–Trinajstić information content (AvgIpc) is 2.66. The standard InChI is InChI=1S/C15H18N2O4/c1-4-15(11-6-5-9(2)10(3)7-11)13(20)17(8-12(18)19)14(21)16-15/h5-7H,4,8H2,1-3H3,(H,16,21)(H,18,19)/t15-/m1/s1. The topological polar surface area (TPSA) is 86.7 Å². The summed E-state index contributed by atoms with van der Waals surface area (Å²) < 4.78 is 0. The van der Waals surface area contributed by atoms with E-state index in [1.807, 2.05) is 26.0 Å². The number of urea groups is 1. The van der Waals surface area contributed by atoms with Gasteiger partial charge >= 0.3 is 12.0 Å². The van der Waals surface area contributed by atoms with Crippen LogP contribution in [0.4, 0.5) is 4.79 Å². The molecule has 1 aromatic rings. The Labute approximate surface area is 122 Å². The van der Waals surface area contributed by atoms with Crippen molar-refractivity contribution in [1.82, 2.24) is 10.2 Å². The fourth-order valence-corrected chi connectivity index (χ4v) is 2.55. The molecular weight excluding hydrogens is 272 g/mol. The number of aryl methyl sites for hydroxylation is 2. The Morgan fingerprint density at radius 3 is 2.48 bits per heavy atom. The second-order valence-corrected chi connectivity index (χ2v) is 5.27. The molecule has 0 radical (unpaired) electrons. The van der Waals surface area contributed by atoms with Crippen molar-refractivity contribution in [2.24, 2.45) is 0 Å². The summed E-state index contributed by atoms with van der Waals surface area (Å²) in [6.07, 6.45) is 0.357. The highest BCUT2D eigenvalue weighted by molar-refractivity contribution is 6.09. The predicted molar refractivity (Wildman–Crippen MR) is 75.8 cm³/mol. The lowest BCUT2D eigenvalue weighted by atomic mass is 9.85. The largest absolute Gasteiger partial charge is 0.480 e. The van der Waals surface area contributed by atoms with Crippen molar-refractivity contribution < 1.29 is 19.5 Å². The van der Waals surface area contributed by atoms with Crippen molar-refractivity contribution in [3.8, 4) is 0 Å². The molecule has 0 spiro atoms. The first kappa shape index (κ1) is 15.0. The number of imide groups is 1. The number of benzene rings is 1. The highest BCUT2D eigenvalue weighted by atomic mass is 16.4. The van der Waals surface area contributed by atoms with Crippen LogP contribution in [0.2, 0.25) is 0 Å². The van der Waals surface area contributed by atoms with Crippen molar-refractivity contribution in [2.75, 3.05) is 6.54 Å². The Morgan fingerprint density at radius 2 is 1.95 bits per heavy atom. The Hall–Kier alpha value is -2.37. The van der Waals surface area contributed by atoms with Gasteiger partial charge < -0.3 is 10.4 Å². The summed E-state index contributed by atoms with van der Waals surface area (Å²) in [6, 6.07) is 4.89. The van der Waals surface area contributed by atoms with E-state index in [2.05, 4.69) is 5.32 Å². The first-order valence-corrected chi connectivity index (χ1v) is 6.75. The third kappa shape index (κ3) is 2.37. The van der Waals surface area contributed by atoms with E-state index in [1.165, 1.54) is 0 Å². The van der Waals surface area contributed by atoms with E-state index in [0.29, 0.717) is 12.0 Å². The number of aliphatic carboxylic acids is 1. The molecule has 1 heterocycles. The van der Waals surface area contributed by atoms with Crippen LogP contribution in [0.15, 0.2) is 18.2 Å². The van der Waals surface area contributed by atoms with Gasteiger partial charge in [-0.2, -0.15) is 0 Å². The van der Waals surface area contributed by atoms with E-state index < -0.39 is 30.0 Å². The summed E-state index contributed by atoms with van der Waals surface area (Å²) in [5.74, 6) is -1.73. The molecule has 1 aromatic carbocycles. The highest BCUT2D eigenvalue weighted by Crippen LogP contribution is 2.33. The van der Waals surface area contributed by atoms with Crippen LogP contribution < -0.4 is 5.32 Å². The SMILES string of the molecule is CC[C@]1(c2ccc(C)c(C)c2)NC(=O)N(CC(=O)O)C1=O. The Bertz CT molecular complexity index is 626. The van der Waals surface area contributed by atoms with Gasteiger partial charge in [0, 0.05) is 0 Å². The zero-order valence-electron chi connectivity index (χ0n) is 12.3. The van der Waals surface area contributed by atoms with E-state index in [0.717, 1.165) is 16.0 Å². The van der Waals surface area contributed by atoms with Gasteiger partial charge in [0.25, 0.3) is 5.91 Å². The van der Waals surface area contributed by atoms with Crippen molar-refractivity contribution >= 4 is 17.9 Å². The molecule has 3 amide bonds. The van der Waals surface area contributed by atoms with Crippen molar-refractivity contribution in [1.29, 1.82) is 0 Å². The maximum atomic E-state index is 12.6. The molecule has 2 N–H and O–H groups in total. The number of hydrogen-bond donors (Lipinski definition) is 2. The Kier molecular flexibility index (Phi) is 3.72. The molecule has 1 atom stereocenters. The fourth-order valence-electron chi connectivity index (χ4n) is 2.55. The van der Waals surface area contributed by atoms with Crippen molar-refractivity contribution in [2.45, 2.75) is 32.7 Å². The van der Waals surface area contributed by atoms with Crippen LogP contribution in [-0.4, -0.2) is 34.5 Å². The summed E-state index contributed by atoms with van der Waals surface area (Å²) in [5, 5.41) is 11.5. The molecule has 0 saturated carbocycles. The molecule has 0 aliphatic carbocycles. The summed E-state index contributed by atoms with van der Waals surface area (Å²) in [7, 11) is 0. The van der Waals surface area contributed by atoms with Gasteiger partial charge in [0.2, 0.25) is 0 Å². The molecule has 21 heavy (non-hydrogen) atoms. The number of nitrogens with zero attached hydrogens (tertiary/aromatic N) is 1. The minimum absolute atomic E-state index is 0.357. The molecule has 1 aliphatic heterocycles. The van der Waals surface area contributed by atoms with Gasteiger partial charge in [0.05, 0.1) is 0 Å². The van der Waals surface area contributed by atoms with Gasteiger partial charge in [0.15, 0.2) is 0 Å². The number of carbonyl (C=O) groups excluding carboxylic acids is 2. The van der Waals surface area contributed by atoms with E-state index in [4.69, 9.17) is 5.11 Å². The molecule has 6 heteroatoms. The van der Waals surface area contributed by atoms with Gasteiger partial charge in [-0.3, -0.25) is 14.5 Å². The second kappa shape index (κ2) is 5.20. The summed E-state index contributed by atoms with van der Waals surface area (Å²) in [4.78, 5) is 36.1. The lowest BCUT2D eigenvalue weighted by Crippen LogP contribution is -2.44. The molecule has 1 aliphatic rings. The predicted octanol–water partition coefficient (Wildman–Crippen LogP) is 1.55. The molecule has 1 fully saturated rings. The number of rotatable bonds is 4. The minimum atomic E-state index is -1.22. The van der Waals surface area contributed by atoms with Crippen LogP contribution in [0.5, 0.6) is 0 Å². The Morgan fingerprint density at radius 1 is 1.29 bits per heavy atom. The number of amides is 3. The molecule has 0 aromatic heterocycles. The zero-order chi connectivity index (χ0) is 15.8. The molecule has 0 bridgehead atoms. The molecule has 1 saturated heterocycles. The third-order valence-electron chi connectivity index (χ3n) is 4.00. The number of hydrogen-bond acceptors (Lipinski definition) is 3. The van der Waals surface area contributed by atoms with Crippen LogP contribution in [-0.2, 0) is 15.1 Å². The van der Waals surface area contributed by atoms with Crippen LogP contribution in [0, 0.1) is 13.8 Å². The average molecular weight is 290 g/mol. The molecule has 6 nitrogen and oxygen atoms in total. The third-order valence-corrected chi connectivity index (χ3v) is 4.00. The number of nitrogens with one attached hydrogen (secondary N) is 1. The second-order valence-electron chi connectivity index (χ2n) is 5.27. The van der Waals surface area contributed by atoms with Crippen LogP contribution in [0.25, 0.3) is 0 Å². The summed E-state index contributed by atoms with van der Waals surface area (Å²) >= 11 is 0. The first-order valence-electron chi connectivity index (χ1n) is 6.75. The van der Waals surface area contributed by atoms with Gasteiger partial charge in [-0.05, 0) is 37.0 Å². The number of carboxylic acids is 1. The maximum Gasteiger partial charge on any atom is 0.325 e. The molecule has 0 unspecified atom stereocenters. The monoisotopic (exact) mass is 290 g/mol.